The number of amides is 2. The average molecular weight is 342 g/mol. The maximum absolute atomic E-state index is 12.5. The minimum absolute atomic E-state index is 0.101. The second-order valence-corrected chi connectivity index (χ2v) is 7.71. The van der Waals surface area contributed by atoms with Gasteiger partial charge in [-0.3, -0.25) is 0 Å². The standard InChI is InChI=1S/C14H22N4O2S2/c1-6-10(21)20-9-7-8-17(5)13(19)18(9)12-16-15-11(22-12)14(2,3)4/h9H,6-8H2,1-5H3. The van der Waals surface area contributed by atoms with Gasteiger partial charge in [0.15, 0.2) is 11.3 Å². The first-order valence-corrected chi connectivity index (χ1v) is 8.54. The molecule has 22 heavy (non-hydrogen) atoms. The van der Waals surface area contributed by atoms with Crippen molar-refractivity contribution < 1.29 is 9.53 Å². The molecule has 0 spiro atoms. The summed E-state index contributed by atoms with van der Waals surface area (Å²) in [7, 11) is 1.77. The van der Waals surface area contributed by atoms with Gasteiger partial charge >= 0.3 is 6.03 Å². The number of aromatic nitrogens is 2. The second-order valence-electron chi connectivity index (χ2n) is 6.30. The van der Waals surface area contributed by atoms with Crippen molar-refractivity contribution in [2.75, 3.05) is 18.5 Å². The molecule has 2 heterocycles. The lowest BCUT2D eigenvalue weighted by Gasteiger charge is -2.37. The molecular formula is C14H22N4O2S2. The molecule has 1 unspecified atom stereocenters. The summed E-state index contributed by atoms with van der Waals surface area (Å²) in [5.41, 5.74) is -0.101. The Hall–Kier alpha value is -1.28. The molecule has 0 aliphatic carbocycles. The van der Waals surface area contributed by atoms with Crippen LogP contribution in [0.2, 0.25) is 0 Å². The Balaban J connectivity index is 2.30. The third kappa shape index (κ3) is 3.55. The Bertz CT molecular complexity index is 567. The van der Waals surface area contributed by atoms with E-state index in [1.807, 2.05) is 6.92 Å². The lowest BCUT2D eigenvalue weighted by atomic mass is 9.98. The third-order valence-corrected chi connectivity index (χ3v) is 5.08. The number of thiocarbonyl (C=S) groups is 1. The quantitative estimate of drug-likeness (QED) is 0.790. The minimum atomic E-state index is -0.406. The predicted octanol–water partition coefficient (Wildman–Crippen LogP) is 3.18. The van der Waals surface area contributed by atoms with Crippen LogP contribution in [0.25, 0.3) is 0 Å². The Morgan fingerprint density at radius 1 is 1.45 bits per heavy atom. The van der Waals surface area contributed by atoms with Crippen molar-refractivity contribution in [3.05, 3.63) is 5.01 Å². The van der Waals surface area contributed by atoms with Gasteiger partial charge in [-0.15, -0.1) is 10.2 Å². The van der Waals surface area contributed by atoms with Crippen molar-refractivity contribution >= 4 is 39.8 Å². The highest BCUT2D eigenvalue weighted by atomic mass is 32.1. The van der Waals surface area contributed by atoms with Crippen LogP contribution in [0, 0.1) is 0 Å². The molecule has 6 nitrogen and oxygen atoms in total. The molecular weight excluding hydrogens is 320 g/mol. The van der Waals surface area contributed by atoms with Crippen molar-refractivity contribution in [3.63, 3.8) is 0 Å². The Labute approximate surface area is 140 Å². The molecule has 0 bridgehead atoms. The van der Waals surface area contributed by atoms with Crippen LogP contribution in [0.5, 0.6) is 0 Å². The van der Waals surface area contributed by atoms with Crippen LogP contribution in [0.1, 0.15) is 45.5 Å². The van der Waals surface area contributed by atoms with Crippen LogP contribution in [-0.2, 0) is 10.2 Å². The first-order valence-electron chi connectivity index (χ1n) is 7.31. The van der Waals surface area contributed by atoms with Gasteiger partial charge in [0.1, 0.15) is 5.01 Å². The predicted molar refractivity (Wildman–Crippen MR) is 91.5 cm³/mol. The molecule has 1 aromatic rings. The highest BCUT2D eigenvalue weighted by Crippen LogP contribution is 2.33. The first-order chi connectivity index (χ1) is 10.2. The van der Waals surface area contributed by atoms with Gasteiger partial charge in [0.05, 0.1) is 0 Å². The number of anilines is 1. The van der Waals surface area contributed by atoms with Gasteiger partial charge in [-0.05, 0) is 12.2 Å². The van der Waals surface area contributed by atoms with E-state index in [9.17, 15) is 4.79 Å². The molecule has 122 valence electrons. The summed E-state index contributed by atoms with van der Waals surface area (Å²) in [5.74, 6) is 0. The van der Waals surface area contributed by atoms with Crippen LogP contribution in [-0.4, -0.2) is 46.0 Å². The largest absolute Gasteiger partial charge is 0.463 e. The molecule has 2 rings (SSSR count). The molecule has 0 aromatic carbocycles. The van der Waals surface area contributed by atoms with Gasteiger partial charge in [0.2, 0.25) is 5.13 Å². The smallest absolute Gasteiger partial charge is 0.329 e. The fourth-order valence-electron chi connectivity index (χ4n) is 2.00. The van der Waals surface area contributed by atoms with Gasteiger partial charge in [0.25, 0.3) is 0 Å². The number of nitrogens with zero attached hydrogens (tertiary/aromatic N) is 4. The van der Waals surface area contributed by atoms with Crippen molar-refractivity contribution in [1.29, 1.82) is 0 Å². The van der Waals surface area contributed by atoms with Crippen molar-refractivity contribution in [1.82, 2.24) is 15.1 Å². The van der Waals surface area contributed by atoms with Crippen LogP contribution in [0.3, 0.4) is 0 Å². The van der Waals surface area contributed by atoms with Crippen LogP contribution >= 0.6 is 23.6 Å². The Morgan fingerprint density at radius 3 is 2.68 bits per heavy atom. The molecule has 8 heteroatoms. The van der Waals surface area contributed by atoms with Gasteiger partial charge in [-0.2, -0.15) is 0 Å². The van der Waals surface area contributed by atoms with E-state index in [-0.39, 0.29) is 11.4 Å². The second kappa shape index (κ2) is 6.45. The van der Waals surface area contributed by atoms with Gasteiger partial charge < -0.3 is 9.64 Å². The third-order valence-electron chi connectivity index (χ3n) is 3.35. The van der Waals surface area contributed by atoms with E-state index in [0.29, 0.717) is 29.6 Å². The van der Waals surface area contributed by atoms with E-state index in [2.05, 4.69) is 31.0 Å². The highest BCUT2D eigenvalue weighted by molar-refractivity contribution is 7.80. The maximum Gasteiger partial charge on any atom is 0.329 e. The molecule has 1 aliphatic heterocycles. The van der Waals surface area contributed by atoms with Gasteiger partial charge in [-0.1, -0.05) is 39.0 Å². The van der Waals surface area contributed by atoms with E-state index < -0.39 is 6.23 Å². The number of urea groups is 1. The van der Waals surface area contributed by atoms with Crippen molar-refractivity contribution in [2.45, 2.75) is 52.2 Å². The van der Waals surface area contributed by atoms with Crippen molar-refractivity contribution in [2.24, 2.45) is 0 Å². The molecule has 0 N–H and O–H groups in total. The zero-order chi connectivity index (χ0) is 16.5. The van der Waals surface area contributed by atoms with Gasteiger partial charge in [0, 0.05) is 31.8 Å². The summed E-state index contributed by atoms with van der Waals surface area (Å²) in [6, 6.07) is -0.133. The number of carbonyl (C=O) groups excluding carboxylic acids is 1. The molecule has 1 atom stereocenters. The van der Waals surface area contributed by atoms with E-state index >= 15 is 0 Å². The molecule has 0 radical (unpaired) electrons. The summed E-state index contributed by atoms with van der Waals surface area (Å²) in [4.78, 5) is 15.8. The fraction of sp³-hybridized carbons (Fsp3) is 0.714. The Morgan fingerprint density at radius 2 is 2.14 bits per heavy atom. The maximum atomic E-state index is 12.5. The normalized spacial score (nSPS) is 19.5. The number of ether oxygens (including phenoxy) is 1. The van der Waals surface area contributed by atoms with E-state index in [1.54, 1.807) is 16.8 Å². The lowest BCUT2D eigenvalue weighted by molar-refractivity contribution is 0.126. The van der Waals surface area contributed by atoms with Crippen LogP contribution in [0.15, 0.2) is 0 Å². The minimum Gasteiger partial charge on any atom is -0.463 e. The van der Waals surface area contributed by atoms with Crippen molar-refractivity contribution in [3.8, 4) is 0 Å². The van der Waals surface area contributed by atoms with E-state index in [0.717, 1.165) is 5.01 Å². The summed E-state index contributed by atoms with van der Waals surface area (Å²) >= 11 is 6.59. The molecule has 1 fully saturated rings. The summed E-state index contributed by atoms with van der Waals surface area (Å²) in [6.07, 6.45) is 0.928. The topological polar surface area (TPSA) is 58.6 Å². The first kappa shape index (κ1) is 17.1. The number of hydrogen-bond donors (Lipinski definition) is 0. The SMILES string of the molecule is CCC(=S)OC1CCN(C)C(=O)N1c1nnc(C(C)(C)C)s1. The van der Waals surface area contributed by atoms with Crippen LogP contribution < -0.4 is 4.90 Å². The molecule has 1 aliphatic rings. The summed E-state index contributed by atoms with van der Waals surface area (Å²) in [5, 5.41) is 10.4. The number of hydrogen-bond acceptors (Lipinski definition) is 6. The zero-order valence-corrected chi connectivity index (χ0v) is 15.3. The molecule has 0 saturated carbocycles. The van der Waals surface area contributed by atoms with Gasteiger partial charge in [-0.25, -0.2) is 9.69 Å². The summed E-state index contributed by atoms with van der Waals surface area (Å²) in [6.45, 7) is 8.79. The van der Waals surface area contributed by atoms with Crippen LogP contribution in [0.4, 0.5) is 9.93 Å². The molecule has 1 saturated heterocycles. The van der Waals surface area contributed by atoms with E-state index in [1.165, 1.54) is 11.3 Å². The number of rotatable bonds is 3. The molecule has 1 aromatic heterocycles. The number of carbonyl (C=O) groups is 1. The summed E-state index contributed by atoms with van der Waals surface area (Å²) < 4.78 is 5.77. The highest BCUT2D eigenvalue weighted by Gasteiger charge is 2.37. The Kier molecular flexibility index (Phi) is 5.01. The monoisotopic (exact) mass is 342 g/mol. The van der Waals surface area contributed by atoms with E-state index in [4.69, 9.17) is 17.0 Å². The molecule has 2 amide bonds. The zero-order valence-electron chi connectivity index (χ0n) is 13.6. The fourth-order valence-corrected chi connectivity index (χ4v) is 3.05. The lowest BCUT2D eigenvalue weighted by Crippen LogP contribution is -2.54. The average Bonchev–Trinajstić information content (AvgIpc) is 2.92.